The molecule has 0 bridgehead atoms. The molecular formula is C22H26N2O2. The minimum Gasteiger partial charge on any atom is -0.326 e. The first-order valence-corrected chi connectivity index (χ1v) is 9.21. The van der Waals surface area contributed by atoms with Gasteiger partial charge < -0.3 is 10.2 Å². The zero-order valence-electron chi connectivity index (χ0n) is 15.7. The summed E-state index contributed by atoms with van der Waals surface area (Å²) >= 11 is 0. The average molecular weight is 350 g/mol. The number of aryl methyl sites for hydroxylation is 3. The Morgan fingerprint density at radius 2 is 1.77 bits per heavy atom. The summed E-state index contributed by atoms with van der Waals surface area (Å²) < 4.78 is 0. The maximum absolute atomic E-state index is 12.2. The first-order chi connectivity index (χ1) is 12.4. The van der Waals surface area contributed by atoms with E-state index in [0.717, 1.165) is 24.2 Å². The number of nitrogens with zero attached hydrogens (tertiary/aromatic N) is 1. The van der Waals surface area contributed by atoms with Crippen LogP contribution in [-0.4, -0.2) is 17.9 Å². The molecule has 0 aromatic heterocycles. The molecule has 4 heteroatoms. The number of carbonyl (C=O) groups is 2. The van der Waals surface area contributed by atoms with E-state index < -0.39 is 0 Å². The molecule has 1 N–H and O–H groups in total. The van der Waals surface area contributed by atoms with E-state index in [9.17, 15) is 9.59 Å². The molecule has 0 aliphatic carbocycles. The maximum atomic E-state index is 12.2. The Kier molecular flexibility index (Phi) is 5.40. The van der Waals surface area contributed by atoms with Crippen molar-refractivity contribution in [1.82, 2.24) is 0 Å². The maximum Gasteiger partial charge on any atom is 0.227 e. The van der Waals surface area contributed by atoms with Gasteiger partial charge in [-0.2, -0.15) is 0 Å². The minimum atomic E-state index is 0.00234. The van der Waals surface area contributed by atoms with E-state index in [2.05, 4.69) is 44.3 Å². The molecule has 4 nitrogen and oxygen atoms in total. The van der Waals surface area contributed by atoms with Crippen LogP contribution in [0.1, 0.15) is 42.9 Å². The molecule has 1 aliphatic rings. The predicted molar refractivity (Wildman–Crippen MR) is 105 cm³/mol. The molecule has 1 fully saturated rings. The largest absolute Gasteiger partial charge is 0.326 e. The quantitative estimate of drug-likeness (QED) is 0.869. The summed E-state index contributed by atoms with van der Waals surface area (Å²) in [5.41, 5.74) is 5.30. The Morgan fingerprint density at radius 3 is 2.35 bits per heavy atom. The lowest BCUT2D eigenvalue weighted by Gasteiger charge is -2.22. The summed E-state index contributed by atoms with van der Waals surface area (Å²) in [6, 6.07) is 14.2. The first-order valence-electron chi connectivity index (χ1n) is 9.21. The molecule has 0 radical (unpaired) electrons. The molecular weight excluding hydrogens is 324 g/mol. The van der Waals surface area contributed by atoms with Crippen LogP contribution >= 0.6 is 0 Å². The van der Waals surface area contributed by atoms with Crippen molar-refractivity contribution in [2.24, 2.45) is 0 Å². The van der Waals surface area contributed by atoms with E-state index >= 15 is 0 Å². The Labute approximate surface area is 155 Å². The molecule has 3 rings (SSSR count). The molecule has 136 valence electrons. The molecule has 2 aromatic rings. The second-order valence-electron chi connectivity index (χ2n) is 7.24. The second kappa shape index (κ2) is 7.73. The Hall–Kier alpha value is -2.62. The topological polar surface area (TPSA) is 49.4 Å². The number of carbonyl (C=O) groups excluding carboxylic acids is 2. The lowest BCUT2D eigenvalue weighted by atomic mass is 10.0. The molecule has 1 atom stereocenters. The van der Waals surface area contributed by atoms with Crippen molar-refractivity contribution in [2.75, 3.05) is 10.2 Å². The minimum absolute atomic E-state index is 0.00234. The van der Waals surface area contributed by atoms with Crippen molar-refractivity contribution in [3.63, 3.8) is 0 Å². The van der Waals surface area contributed by atoms with Crippen LogP contribution in [0.25, 0.3) is 0 Å². The lowest BCUT2D eigenvalue weighted by molar-refractivity contribution is -0.117. The molecule has 1 unspecified atom stereocenters. The molecule has 0 saturated carbocycles. The molecule has 2 amide bonds. The molecule has 2 aromatic carbocycles. The summed E-state index contributed by atoms with van der Waals surface area (Å²) in [4.78, 5) is 26.0. The highest BCUT2D eigenvalue weighted by Gasteiger charge is 2.28. The molecule has 0 spiro atoms. The number of rotatable bonds is 5. The SMILES string of the molecule is Cc1cc(C)cc(CCC(=O)Nc2ccc(N3C(=O)CCC3C)cc2)c1. The first kappa shape index (κ1) is 18.2. The standard InChI is InChI=1S/C22H26N2O2/c1-15-12-16(2)14-18(13-15)5-10-21(25)23-19-6-8-20(9-7-19)24-17(3)4-11-22(24)26/h6-9,12-14,17H,4-5,10-11H2,1-3H3,(H,23,25). The zero-order valence-corrected chi connectivity index (χ0v) is 15.7. The molecule has 1 aliphatic heterocycles. The normalized spacial score (nSPS) is 16.8. The van der Waals surface area contributed by atoms with Crippen LogP contribution in [0.4, 0.5) is 11.4 Å². The number of hydrogen-bond donors (Lipinski definition) is 1. The van der Waals surface area contributed by atoms with Gasteiger partial charge >= 0.3 is 0 Å². The van der Waals surface area contributed by atoms with Crippen LogP contribution in [0.2, 0.25) is 0 Å². The van der Waals surface area contributed by atoms with Gasteiger partial charge in [-0.25, -0.2) is 0 Å². The van der Waals surface area contributed by atoms with Crippen molar-refractivity contribution in [3.8, 4) is 0 Å². The van der Waals surface area contributed by atoms with Gasteiger partial charge in [0.2, 0.25) is 11.8 Å². The van der Waals surface area contributed by atoms with E-state index in [0.29, 0.717) is 12.8 Å². The smallest absolute Gasteiger partial charge is 0.227 e. The lowest BCUT2D eigenvalue weighted by Crippen LogP contribution is -2.30. The Bertz CT molecular complexity index is 791. The monoisotopic (exact) mass is 350 g/mol. The van der Waals surface area contributed by atoms with Crippen molar-refractivity contribution in [1.29, 1.82) is 0 Å². The van der Waals surface area contributed by atoms with E-state index in [1.807, 2.05) is 29.2 Å². The summed E-state index contributed by atoms with van der Waals surface area (Å²) in [5, 5.41) is 2.94. The summed E-state index contributed by atoms with van der Waals surface area (Å²) in [6.07, 6.45) is 2.69. The van der Waals surface area contributed by atoms with Gasteiger partial charge in [-0.3, -0.25) is 9.59 Å². The van der Waals surface area contributed by atoms with Crippen molar-refractivity contribution < 1.29 is 9.59 Å². The Morgan fingerprint density at radius 1 is 1.12 bits per heavy atom. The summed E-state index contributed by atoms with van der Waals surface area (Å²) in [6.45, 7) is 6.21. The number of amides is 2. The van der Waals surface area contributed by atoms with E-state index in [1.54, 1.807) is 0 Å². The van der Waals surface area contributed by atoms with E-state index in [1.165, 1.54) is 16.7 Å². The highest BCUT2D eigenvalue weighted by molar-refractivity contribution is 5.96. The third kappa shape index (κ3) is 4.31. The van der Waals surface area contributed by atoms with Crippen LogP contribution in [0.5, 0.6) is 0 Å². The second-order valence-corrected chi connectivity index (χ2v) is 7.24. The zero-order chi connectivity index (χ0) is 18.7. The summed E-state index contributed by atoms with van der Waals surface area (Å²) in [5.74, 6) is 0.172. The fourth-order valence-corrected chi connectivity index (χ4v) is 3.63. The number of anilines is 2. The average Bonchev–Trinajstić information content (AvgIpc) is 2.92. The van der Waals surface area contributed by atoms with Crippen LogP contribution in [0.3, 0.4) is 0 Å². The molecule has 26 heavy (non-hydrogen) atoms. The third-order valence-corrected chi connectivity index (χ3v) is 4.84. The fourth-order valence-electron chi connectivity index (χ4n) is 3.63. The van der Waals surface area contributed by atoms with Crippen LogP contribution in [0.15, 0.2) is 42.5 Å². The van der Waals surface area contributed by atoms with E-state index in [4.69, 9.17) is 0 Å². The summed E-state index contributed by atoms with van der Waals surface area (Å²) in [7, 11) is 0. The predicted octanol–water partition coefficient (Wildman–Crippen LogP) is 4.39. The van der Waals surface area contributed by atoms with Gasteiger partial charge in [-0.1, -0.05) is 29.3 Å². The van der Waals surface area contributed by atoms with Crippen LogP contribution in [0, 0.1) is 13.8 Å². The number of hydrogen-bond acceptors (Lipinski definition) is 2. The van der Waals surface area contributed by atoms with Gasteiger partial charge in [0.25, 0.3) is 0 Å². The van der Waals surface area contributed by atoms with Gasteiger partial charge in [-0.15, -0.1) is 0 Å². The third-order valence-electron chi connectivity index (χ3n) is 4.84. The molecule has 1 saturated heterocycles. The Balaban J connectivity index is 1.57. The van der Waals surface area contributed by atoms with Crippen molar-refractivity contribution in [3.05, 3.63) is 59.2 Å². The highest BCUT2D eigenvalue weighted by atomic mass is 16.2. The van der Waals surface area contributed by atoms with Gasteiger partial charge in [0.15, 0.2) is 0 Å². The van der Waals surface area contributed by atoms with Crippen molar-refractivity contribution >= 4 is 23.2 Å². The van der Waals surface area contributed by atoms with Crippen LogP contribution < -0.4 is 10.2 Å². The fraction of sp³-hybridized carbons (Fsp3) is 0.364. The van der Waals surface area contributed by atoms with Gasteiger partial charge in [0.1, 0.15) is 0 Å². The van der Waals surface area contributed by atoms with E-state index in [-0.39, 0.29) is 17.9 Å². The number of benzene rings is 2. The number of nitrogens with one attached hydrogen (secondary N) is 1. The highest BCUT2D eigenvalue weighted by Crippen LogP contribution is 2.27. The molecule has 1 heterocycles. The van der Waals surface area contributed by atoms with Gasteiger partial charge in [-0.05, 0) is 63.4 Å². The van der Waals surface area contributed by atoms with Crippen molar-refractivity contribution in [2.45, 2.75) is 52.5 Å². The van der Waals surface area contributed by atoms with Crippen LogP contribution in [-0.2, 0) is 16.0 Å². The van der Waals surface area contributed by atoms with Gasteiger partial charge in [0, 0.05) is 30.3 Å². The van der Waals surface area contributed by atoms with Gasteiger partial charge in [0.05, 0.1) is 0 Å².